The van der Waals surface area contributed by atoms with Crippen molar-refractivity contribution >= 4 is 35.0 Å². The molecule has 212 valence electrons. The molecule has 0 radical (unpaired) electrons. The molecule has 1 aliphatic heterocycles. The molecule has 2 amide bonds. The molecule has 2 N–H and O–H groups in total. The Morgan fingerprint density at radius 1 is 0.923 bits per heavy atom. The number of rotatable bonds is 10. The standard InChI is InChI=1S/C31H42Cl2N4O2/c1-22-7-9-23(10-8-22)19-31(36(2)3)16-13-24(14-17-31)34-29(38)11-12-30(39)35-25-15-18-37(20-25)21-26-27(32)5-4-6-28(26)33/h4-10,24-25H,11-21H2,1-3H3,(H,34,38)(H,35,39). The van der Waals surface area contributed by atoms with E-state index in [0.29, 0.717) is 16.6 Å². The van der Waals surface area contributed by atoms with Crippen LogP contribution in [0.25, 0.3) is 0 Å². The van der Waals surface area contributed by atoms with Crippen molar-refractivity contribution in [3.05, 3.63) is 69.2 Å². The molecule has 1 saturated carbocycles. The van der Waals surface area contributed by atoms with Crippen LogP contribution in [0.15, 0.2) is 42.5 Å². The minimum absolute atomic E-state index is 0.0348. The number of carbonyl (C=O) groups excluding carboxylic acids is 2. The van der Waals surface area contributed by atoms with Crippen LogP contribution in [0, 0.1) is 6.92 Å². The lowest BCUT2D eigenvalue weighted by atomic mass is 9.74. The molecule has 1 atom stereocenters. The summed E-state index contributed by atoms with van der Waals surface area (Å²) in [6.45, 7) is 4.39. The normalized spacial score (nSPS) is 23.6. The maximum Gasteiger partial charge on any atom is 0.220 e. The second-order valence-corrected chi connectivity index (χ2v) is 12.4. The first-order valence-corrected chi connectivity index (χ1v) is 14.9. The Morgan fingerprint density at radius 2 is 1.51 bits per heavy atom. The first kappa shape index (κ1) is 29.9. The molecule has 2 aromatic carbocycles. The van der Waals surface area contributed by atoms with E-state index in [9.17, 15) is 9.59 Å². The van der Waals surface area contributed by atoms with Gasteiger partial charge in [-0.25, -0.2) is 0 Å². The van der Waals surface area contributed by atoms with E-state index in [-0.39, 0.29) is 42.3 Å². The lowest BCUT2D eigenvalue weighted by Gasteiger charge is -2.45. The molecular formula is C31H42Cl2N4O2. The number of benzene rings is 2. The van der Waals surface area contributed by atoms with Gasteiger partial charge in [0.15, 0.2) is 0 Å². The Hall–Kier alpha value is -2.12. The minimum atomic E-state index is -0.0684. The highest BCUT2D eigenvalue weighted by Gasteiger charge is 2.37. The largest absolute Gasteiger partial charge is 0.353 e. The van der Waals surface area contributed by atoms with Gasteiger partial charge in [0.05, 0.1) is 0 Å². The highest BCUT2D eigenvalue weighted by molar-refractivity contribution is 6.35. The lowest BCUT2D eigenvalue weighted by Crippen LogP contribution is -2.52. The Kier molecular flexibility index (Phi) is 10.3. The van der Waals surface area contributed by atoms with Crippen molar-refractivity contribution in [3.8, 4) is 0 Å². The molecule has 2 aliphatic rings. The highest BCUT2D eigenvalue weighted by atomic mass is 35.5. The molecule has 8 heteroatoms. The van der Waals surface area contributed by atoms with Gasteiger partial charge in [0.2, 0.25) is 11.8 Å². The number of hydrogen-bond donors (Lipinski definition) is 2. The summed E-state index contributed by atoms with van der Waals surface area (Å²) in [5.41, 5.74) is 3.68. The zero-order valence-electron chi connectivity index (χ0n) is 23.4. The Morgan fingerprint density at radius 3 is 2.10 bits per heavy atom. The molecule has 1 aliphatic carbocycles. The van der Waals surface area contributed by atoms with Crippen LogP contribution in [0.4, 0.5) is 0 Å². The van der Waals surface area contributed by atoms with Crippen LogP contribution in [0.2, 0.25) is 10.0 Å². The third-order valence-corrected chi connectivity index (χ3v) is 9.25. The number of aryl methyl sites for hydroxylation is 1. The SMILES string of the molecule is Cc1ccc(CC2(N(C)C)CCC(NC(=O)CCC(=O)NC3CCN(Cc4c(Cl)cccc4Cl)C3)CC2)cc1. The number of halogens is 2. The fourth-order valence-corrected chi connectivity index (χ4v) is 6.51. The van der Waals surface area contributed by atoms with Crippen molar-refractivity contribution < 1.29 is 9.59 Å². The number of nitrogens with one attached hydrogen (secondary N) is 2. The predicted octanol–water partition coefficient (Wildman–Crippen LogP) is 5.37. The van der Waals surface area contributed by atoms with Gasteiger partial charge >= 0.3 is 0 Å². The van der Waals surface area contributed by atoms with Crippen molar-refractivity contribution in [2.45, 2.75) is 82.5 Å². The maximum atomic E-state index is 12.7. The van der Waals surface area contributed by atoms with Gasteiger partial charge in [-0.15, -0.1) is 0 Å². The van der Waals surface area contributed by atoms with E-state index in [1.165, 1.54) is 11.1 Å². The summed E-state index contributed by atoms with van der Waals surface area (Å²) in [5, 5.41) is 7.62. The van der Waals surface area contributed by atoms with Crippen molar-refractivity contribution in [2.24, 2.45) is 0 Å². The fraction of sp³-hybridized carbons (Fsp3) is 0.548. The van der Waals surface area contributed by atoms with Gasteiger partial charge in [-0.2, -0.15) is 0 Å². The number of carbonyl (C=O) groups is 2. The Balaban J connectivity index is 1.16. The summed E-state index contributed by atoms with van der Waals surface area (Å²) in [6, 6.07) is 14.6. The monoisotopic (exact) mass is 572 g/mol. The van der Waals surface area contributed by atoms with Crippen molar-refractivity contribution in [2.75, 3.05) is 27.2 Å². The molecule has 1 unspecified atom stereocenters. The number of amides is 2. The predicted molar refractivity (Wildman–Crippen MR) is 159 cm³/mol. The molecule has 39 heavy (non-hydrogen) atoms. The summed E-state index contributed by atoms with van der Waals surface area (Å²) in [5.74, 6) is -0.103. The van der Waals surface area contributed by atoms with Crippen LogP contribution >= 0.6 is 23.2 Å². The van der Waals surface area contributed by atoms with Crippen LogP contribution < -0.4 is 10.6 Å². The lowest BCUT2D eigenvalue weighted by molar-refractivity contribution is -0.127. The molecule has 0 spiro atoms. The number of likely N-dealkylation sites (tertiary alicyclic amines) is 1. The number of likely N-dealkylation sites (N-methyl/N-ethyl adjacent to an activating group) is 1. The quantitative estimate of drug-likeness (QED) is 0.401. The third kappa shape index (κ3) is 8.20. The number of hydrogen-bond acceptors (Lipinski definition) is 4. The second-order valence-electron chi connectivity index (χ2n) is 11.6. The summed E-state index contributed by atoms with van der Waals surface area (Å²) < 4.78 is 0. The van der Waals surface area contributed by atoms with E-state index in [1.54, 1.807) is 0 Å². The summed E-state index contributed by atoms with van der Waals surface area (Å²) in [4.78, 5) is 29.8. The molecule has 2 aromatic rings. The van der Waals surface area contributed by atoms with E-state index in [1.807, 2.05) is 18.2 Å². The van der Waals surface area contributed by atoms with Crippen LogP contribution in [0.5, 0.6) is 0 Å². The minimum Gasteiger partial charge on any atom is -0.353 e. The number of nitrogens with zero attached hydrogens (tertiary/aromatic N) is 2. The van der Waals surface area contributed by atoms with E-state index in [2.05, 4.69) is 65.7 Å². The van der Waals surface area contributed by atoms with Crippen molar-refractivity contribution in [3.63, 3.8) is 0 Å². The van der Waals surface area contributed by atoms with Crippen molar-refractivity contribution in [1.29, 1.82) is 0 Å². The first-order chi connectivity index (χ1) is 18.6. The third-order valence-electron chi connectivity index (χ3n) is 8.54. The fourth-order valence-electron chi connectivity index (χ4n) is 6.00. The van der Waals surface area contributed by atoms with Gasteiger partial charge in [0.1, 0.15) is 0 Å². The second kappa shape index (κ2) is 13.5. The average Bonchev–Trinajstić information content (AvgIpc) is 3.34. The van der Waals surface area contributed by atoms with Gasteiger partial charge in [-0.3, -0.25) is 14.5 Å². The maximum absolute atomic E-state index is 12.7. The average molecular weight is 574 g/mol. The van der Waals surface area contributed by atoms with Crippen LogP contribution in [0.3, 0.4) is 0 Å². The summed E-state index contributed by atoms with van der Waals surface area (Å²) in [6.07, 6.45) is 6.30. The van der Waals surface area contributed by atoms with Crippen molar-refractivity contribution in [1.82, 2.24) is 20.4 Å². The molecule has 6 nitrogen and oxygen atoms in total. The summed E-state index contributed by atoms with van der Waals surface area (Å²) in [7, 11) is 4.34. The van der Waals surface area contributed by atoms with Gasteiger partial charge in [0, 0.05) is 65.7 Å². The van der Waals surface area contributed by atoms with Gasteiger partial charge < -0.3 is 15.5 Å². The van der Waals surface area contributed by atoms with Gasteiger partial charge in [-0.1, -0.05) is 59.1 Å². The first-order valence-electron chi connectivity index (χ1n) is 14.1. The molecular weight excluding hydrogens is 531 g/mol. The molecule has 4 rings (SSSR count). The zero-order chi connectivity index (χ0) is 28.0. The molecule has 0 bridgehead atoms. The summed E-state index contributed by atoms with van der Waals surface area (Å²) >= 11 is 12.6. The van der Waals surface area contributed by atoms with E-state index >= 15 is 0 Å². The van der Waals surface area contributed by atoms with Gasteiger partial charge in [0.25, 0.3) is 0 Å². The van der Waals surface area contributed by atoms with Crippen LogP contribution in [-0.2, 0) is 22.6 Å². The van der Waals surface area contributed by atoms with E-state index < -0.39 is 0 Å². The molecule has 1 heterocycles. The topological polar surface area (TPSA) is 64.7 Å². The highest BCUT2D eigenvalue weighted by Crippen LogP contribution is 2.35. The molecule has 1 saturated heterocycles. The molecule has 2 fully saturated rings. The molecule has 0 aromatic heterocycles. The van der Waals surface area contributed by atoms with Gasteiger partial charge in [-0.05, 0) is 77.2 Å². The Labute approximate surface area is 243 Å². The van der Waals surface area contributed by atoms with Crippen LogP contribution in [0.1, 0.15) is 61.6 Å². The smallest absolute Gasteiger partial charge is 0.220 e. The van der Waals surface area contributed by atoms with E-state index in [4.69, 9.17) is 23.2 Å². The van der Waals surface area contributed by atoms with E-state index in [0.717, 1.165) is 57.2 Å². The zero-order valence-corrected chi connectivity index (χ0v) is 25.0. The Bertz CT molecular complexity index is 1110. The van der Waals surface area contributed by atoms with Crippen LogP contribution in [-0.4, -0.2) is 66.4 Å².